The largest absolute Gasteiger partial charge is 0.484 e. The van der Waals surface area contributed by atoms with E-state index in [2.05, 4.69) is 43.8 Å². The third-order valence-corrected chi connectivity index (χ3v) is 3.75. The van der Waals surface area contributed by atoms with E-state index in [1.54, 1.807) is 0 Å². The van der Waals surface area contributed by atoms with Crippen LogP contribution in [-0.2, 0) is 4.79 Å². The maximum atomic E-state index is 11.9. The molecule has 1 N–H and O–H groups in total. The fourth-order valence-electron chi connectivity index (χ4n) is 1.76. The average Bonchev–Trinajstić information content (AvgIpc) is 2.36. The molecule has 6 heteroatoms. The normalized spacial score (nSPS) is 15.6. The van der Waals surface area contributed by atoms with E-state index in [1.807, 2.05) is 23.1 Å². The molecule has 0 unspecified atom stereocenters. The zero-order chi connectivity index (χ0) is 13.0. The number of amides is 1. The number of hydrogen-bond donors (Lipinski definition) is 1. The minimum Gasteiger partial charge on any atom is -0.484 e. The van der Waals surface area contributed by atoms with Gasteiger partial charge < -0.3 is 15.0 Å². The fraction of sp³-hybridized carbons (Fsp3) is 0.417. The van der Waals surface area contributed by atoms with Gasteiger partial charge in [0.15, 0.2) is 6.61 Å². The Balaban J connectivity index is 1.88. The summed E-state index contributed by atoms with van der Waals surface area (Å²) in [5.74, 6) is 0.767. The third kappa shape index (κ3) is 4.10. The van der Waals surface area contributed by atoms with Crippen LogP contribution in [0.5, 0.6) is 5.75 Å². The van der Waals surface area contributed by atoms with Crippen LogP contribution >= 0.6 is 38.5 Å². The minimum absolute atomic E-state index is 0.0477. The first-order valence-electron chi connectivity index (χ1n) is 5.72. The molecule has 1 amide bonds. The van der Waals surface area contributed by atoms with Crippen LogP contribution in [0.2, 0.25) is 0 Å². The van der Waals surface area contributed by atoms with Gasteiger partial charge in [0.1, 0.15) is 5.75 Å². The topological polar surface area (TPSA) is 41.6 Å². The summed E-state index contributed by atoms with van der Waals surface area (Å²) >= 11 is 5.63. The Bertz CT molecular complexity index is 416. The van der Waals surface area contributed by atoms with Gasteiger partial charge in [0.25, 0.3) is 5.91 Å². The van der Waals surface area contributed by atoms with Crippen molar-refractivity contribution < 1.29 is 9.53 Å². The van der Waals surface area contributed by atoms with Gasteiger partial charge in [0.05, 0.1) is 0 Å². The van der Waals surface area contributed by atoms with Gasteiger partial charge in [-0.05, 0) is 40.8 Å². The molecule has 1 saturated heterocycles. The Morgan fingerprint density at radius 2 is 2.11 bits per heavy atom. The minimum atomic E-state index is 0.0477. The molecule has 1 aromatic rings. The van der Waals surface area contributed by atoms with Crippen molar-refractivity contribution in [1.29, 1.82) is 0 Å². The summed E-state index contributed by atoms with van der Waals surface area (Å²) < 4.78 is 7.57. The van der Waals surface area contributed by atoms with Gasteiger partial charge in [-0.15, -0.1) is 0 Å². The molecule has 0 spiro atoms. The lowest BCUT2D eigenvalue weighted by Crippen LogP contribution is -2.47. The zero-order valence-electron chi connectivity index (χ0n) is 9.79. The molecule has 0 atom stereocenters. The molecule has 0 aromatic heterocycles. The highest BCUT2D eigenvalue weighted by Crippen LogP contribution is 2.22. The van der Waals surface area contributed by atoms with E-state index in [1.165, 1.54) is 0 Å². The Labute approximate surface area is 128 Å². The maximum absolute atomic E-state index is 11.9. The summed E-state index contributed by atoms with van der Waals surface area (Å²) in [5, 5.41) is 3.22. The number of benzene rings is 1. The quantitative estimate of drug-likeness (QED) is 0.753. The summed E-state index contributed by atoms with van der Waals surface area (Å²) in [6, 6.07) is 5.77. The molecule has 1 aliphatic heterocycles. The highest BCUT2D eigenvalue weighted by atomic mass is 127. The van der Waals surface area contributed by atoms with Crippen LogP contribution in [0.25, 0.3) is 0 Å². The Morgan fingerprint density at radius 3 is 2.78 bits per heavy atom. The van der Waals surface area contributed by atoms with Gasteiger partial charge in [-0.25, -0.2) is 0 Å². The molecule has 0 saturated carbocycles. The maximum Gasteiger partial charge on any atom is 0.260 e. The van der Waals surface area contributed by atoms with Crippen molar-refractivity contribution in [3.8, 4) is 5.75 Å². The number of carbonyl (C=O) groups is 1. The molecule has 98 valence electrons. The predicted molar refractivity (Wildman–Crippen MR) is 81.8 cm³/mol. The molecule has 1 aliphatic rings. The van der Waals surface area contributed by atoms with Crippen LogP contribution in [-0.4, -0.2) is 43.6 Å². The van der Waals surface area contributed by atoms with Crippen LogP contribution < -0.4 is 10.1 Å². The standard InChI is InChI=1S/C12H14BrIN2O2/c13-9-5-10(14)7-11(6-9)18-8-12(17)16-3-1-15-2-4-16/h5-7,15H,1-4,8H2. The lowest BCUT2D eigenvalue weighted by atomic mass is 10.3. The van der Waals surface area contributed by atoms with Crippen LogP contribution in [0.1, 0.15) is 0 Å². The molecule has 1 heterocycles. The number of nitrogens with zero attached hydrogens (tertiary/aromatic N) is 1. The molecular weight excluding hydrogens is 411 g/mol. The summed E-state index contributed by atoms with van der Waals surface area (Å²) in [4.78, 5) is 13.7. The molecule has 2 rings (SSSR count). The number of ether oxygens (including phenoxy) is 1. The molecule has 0 radical (unpaired) electrons. The summed E-state index contributed by atoms with van der Waals surface area (Å²) in [6.07, 6.45) is 0. The van der Waals surface area contributed by atoms with Crippen molar-refractivity contribution in [3.63, 3.8) is 0 Å². The van der Waals surface area contributed by atoms with E-state index in [0.717, 1.165) is 40.0 Å². The first-order chi connectivity index (χ1) is 8.65. The van der Waals surface area contributed by atoms with Gasteiger partial charge in [0, 0.05) is 34.2 Å². The van der Waals surface area contributed by atoms with Crippen molar-refractivity contribution in [2.45, 2.75) is 0 Å². The Hall–Kier alpha value is -0.340. The Morgan fingerprint density at radius 1 is 1.39 bits per heavy atom. The van der Waals surface area contributed by atoms with E-state index < -0.39 is 0 Å². The zero-order valence-corrected chi connectivity index (χ0v) is 13.5. The highest BCUT2D eigenvalue weighted by molar-refractivity contribution is 14.1. The van der Waals surface area contributed by atoms with Crippen LogP contribution in [0.3, 0.4) is 0 Å². The number of carbonyl (C=O) groups excluding carboxylic acids is 1. The molecule has 0 bridgehead atoms. The first-order valence-corrected chi connectivity index (χ1v) is 7.60. The second kappa shape index (κ2) is 6.72. The van der Waals surface area contributed by atoms with Crippen molar-refractivity contribution in [3.05, 3.63) is 26.2 Å². The second-order valence-electron chi connectivity index (χ2n) is 4.02. The predicted octanol–water partition coefficient (Wildman–Crippen LogP) is 1.86. The summed E-state index contributed by atoms with van der Waals surface area (Å²) in [7, 11) is 0. The van der Waals surface area contributed by atoms with Crippen molar-refractivity contribution >= 4 is 44.4 Å². The number of halogens is 2. The molecule has 18 heavy (non-hydrogen) atoms. The Kier molecular flexibility index (Phi) is 5.25. The lowest BCUT2D eigenvalue weighted by Gasteiger charge is -2.27. The molecule has 1 aromatic carbocycles. The highest BCUT2D eigenvalue weighted by Gasteiger charge is 2.16. The molecule has 1 fully saturated rings. The SMILES string of the molecule is O=C(COc1cc(Br)cc(I)c1)N1CCNCC1. The number of nitrogens with one attached hydrogen (secondary N) is 1. The third-order valence-electron chi connectivity index (χ3n) is 2.67. The summed E-state index contributed by atoms with van der Waals surface area (Å²) in [5.41, 5.74) is 0. The number of rotatable bonds is 3. The van der Waals surface area contributed by atoms with E-state index in [9.17, 15) is 4.79 Å². The van der Waals surface area contributed by atoms with Crippen LogP contribution in [0.15, 0.2) is 22.7 Å². The van der Waals surface area contributed by atoms with Crippen LogP contribution in [0, 0.1) is 3.57 Å². The van der Waals surface area contributed by atoms with Gasteiger partial charge in [-0.1, -0.05) is 15.9 Å². The fourth-order valence-corrected chi connectivity index (χ4v) is 3.31. The molecular formula is C12H14BrIN2O2. The van der Waals surface area contributed by atoms with E-state index in [0.29, 0.717) is 0 Å². The van der Waals surface area contributed by atoms with E-state index >= 15 is 0 Å². The van der Waals surface area contributed by atoms with E-state index in [-0.39, 0.29) is 12.5 Å². The van der Waals surface area contributed by atoms with Crippen molar-refractivity contribution in [2.75, 3.05) is 32.8 Å². The van der Waals surface area contributed by atoms with Gasteiger partial charge in [-0.3, -0.25) is 4.79 Å². The second-order valence-corrected chi connectivity index (χ2v) is 6.19. The van der Waals surface area contributed by atoms with Gasteiger partial charge >= 0.3 is 0 Å². The monoisotopic (exact) mass is 424 g/mol. The lowest BCUT2D eigenvalue weighted by molar-refractivity contribution is -0.133. The van der Waals surface area contributed by atoms with Crippen LogP contribution in [0.4, 0.5) is 0 Å². The number of piperazine rings is 1. The first kappa shape index (κ1) is 14.1. The van der Waals surface area contributed by atoms with Gasteiger partial charge in [0.2, 0.25) is 0 Å². The smallest absolute Gasteiger partial charge is 0.260 e. The molecule has 4 nitrogen and oxygen atoms in total. The number of hydrogen-bond acceptors (Lipinski definition) is 3. The average molecular weight is 425 g/mol. The molecule has 0 aliphatic carbocycles. The summed E-state index contributed by atoms with van der Waals surface area (Å²) in [6.45, 7) is 3.35. The van der Waals surface area contributed by atoms with Gasteiger partial charge in [-0.2, -0.15) is 0 Å². The van der Waals surface area contributed by atoms with Crippen molar-refractivity contribution in [2.24, 2.45) is 0 Å². The van der Waals surface area contributed by atoms with E-state index in [4.69, 9.17) is 4.74 Å². The van der Waals surface area contributed by atoms with Crippen molar-refractivity contribution in [1.82, 2.24) is 10.2 Å².